The topological polar surface area (TPSA) is 339 Å². The summed E-state index contributed by atoms with van der Waals surface area (Å²) in [6.45, 7) is 34.7. The van der Waals surface area contributed by atoms with Crippen molar-refractivity contribution in [2.45, 2.75) is 196 Å². The van der Waals surface area contributed by atoms with Crippen molar-refractivity contribution in [3.8, 4) is 28.7 Å². The molecule has 5 aliphatic rings. The molecule has 0 aliphatic carbocycles. The highest BCUT2D eigenvalue weighted by Crippen LogP contribution is 2.37. The zero-order valence-electron chi connectivity index (χ0n) is 70.1. The van der Waals surface area contributed by atoms with Crippen molar-refractivity contribution >= 4 is 92.3 Å². The fraction of sp³-hybridized carbons (Fsp3) is 0.447. The van der Waals surface area contributed by atoms with E-state index in [4.69, 9.17) is 33.9 Å². The molecule has 642 valence electrons. The number of carboxylic acids is 1. The number of likely N-dealkylation sites (tertiary alicyclic amines) is 4. The van der Waals surface area contributed by atoms with E-state index in [0.29, 0.717) is 127 Å². The third-order valence-electron chi connectivity index (χ3n) is 19.2. The average molecular weight is 1790 g/mol. The zero-order valence-corrected chi connectivity index (χ0v) is 73.3. The summed E-state index contributed by atoms with van der Waals surface area (Å²) in [5, 5.41) is 28.4. The van der Waals surface area contributed by atoms with Gasteiger partial charge in [-0.2, -0.15) is 5.26 Å². The number of aromatic nitrogens is 4. The second-order valence-electron chi connectivity index (χ2n) is 33.3. The molecule has 5 N–H and O–H groups in total. The predicted octanol–water partition coefficient (Wildman–Crippen LogP) is 14.3. The number of carbonyl (C=O) groups excluding carboxylic acids is 7. The van der Waals surface area contributed by atoms with Gasteiger partial charge in [-0.05, 0) is 234 Å². The fourth-order valence-corrected chi connectivity index (χ4v) is 13.4. The molecule has 27 nitrogen and oxygen atoms in total. The maximum atomic E-state index is 14.7. The number of ether oxygens (including phenoxy) is 3. The van der Waals surface area contributed by atoms with Crippen molar-refractivity contribution < 1.29 is 88.9 Å². The molecule has 4 atom stereocenters. The molecule has 0 saturated carbocycles. The van der Waals surface area contributed by atoms with Gasteiger partial charge in [0.05, 0.1) is 50.4 Å². The van der Waals surface area contributed by atoms with Crippen LogP contribution in [0.5, 0.6) is 0 Å². The first kappa shape index (κ1) is 94.8. The summed E-state index contributed by atoms with van der Waals surface area (Å²) in [4.78, 5) is 119. The van der Waals surface area contributed by atoms with E-state index in [2.05, 4.69) is 73.1 Å². The molecule has 35 heteroatoms. The van der Waals surface area contributed by atoms with E-state index in [1.165, 1.54) is 60.7 Å². The Balaban J connectivity index is 0.000000192. The summed E-state index contributed by atoms with van der Waals surface area (Å²) in [7, 11) is -0.700. The van der Waals surface area contributed by atoms with Crippen LogP contribution in [0.3, 0.4) is 0 Å². The van der Waals surface area contributed by atoms with Gasteiger partial charge in [-0.3, -0.25) is 19.2 Å². The Morgan fingerprint density at radius 1 is 0.458 bits per heavy atom. The van der Waals surface area contributed by atoms with Gasteiger partial charge in [0.1, 0.15) is 57.5 Å². The number of amides is 7. The Labute approximate surface area is 712 Å². The predicted molar refractivity (Wildman–Crippen MR) is 445 cm³/mol. The third-order valence-corrected chi connectivity index (χ3v) is 20.2. The average Bonchev–Trinajstić information content (AvgIpc) is 1.61. The van der Waals surface area contributed by atoms with Crippen LogP contribution in [0.25, 0.3) is 22.5 Å². The van der Waals surface area contributed by atoms with E-state index in [1.54, 1.807) is 132 Å². The lowest BCUT2D eigenvalue weighted by Gasteiger charge is -2.32. The normalized spacial score (nSPS) is 17.7. The molecule has 7 aromatic rings. The van der Waals surface area contributed by atoms with E-state index < -0.39 is 112 Å². The largest absolute Gasteiger partial charge is 0.494 e. The molecule has 0 radical (unpaired) electrons. The maximum Gasteiger partial charge on any atom is 0.494 e. The van der Waals surface area contributed by atoms with Crippen LogP contribution in [0.2, 0.25) is 0 Å². The van der Waals surface area contributed by atoms with Gasteiger partial charge in [-0.1, -0.05) is 50.1 Å². The highest BCUT2D eigenvalue weighted by Gasteiger charge is 2.52. The second-order valence-corrected chi connectivity index (χ2v) is 35.1. The van der Waals surface area contributed by atoms with Crippen LogP contribution in [-0.2, 0) is 23.5 Å². The van der Waals surface area contributed by atoms with Gasteiger partial charge >= 0.3 is 31.4 Å². The number of carbonyl (C=O) groups is 8. The van der Waals surface area contributed by atoms with Gasteiger partial charge in [-0.15, -0.1) is 0 Å². The van der Waals surface area contributed by atoms with Crippen molar-refractivity contribution in [2.24, 2.45) is 0 Å². The van der Waals surface area contributed by atoms with Gasteiger partial charge in [0, 0.05) is 108 Å². The van der Waals surface area contributed by atoms with Gasteiger partial charge in [-0.25, -0.2) is 61.1 Å². The molecule has 5 saturated heterocycles. The highest BCUT2D eigenvalue weighted by molar-refractivity contribution is 9.10. The van der Waals surface area contributed by atoms with Crippen molar-refractivity contribution in [2.75, 3.05) is 52.4 Å². The molecule has 12 rings (SSSR count). The first-order valence-corrected chi connectivity index (χ1v) is 40.4. The van der Waals surface area contributed by atoms with Crippen LogP contribution < -0.4 is 26.7 Å². The maximum absolute atomic E-state index is 14.7. The second kappa shape index (κ2) is 40.1. The molecule has 7 amide bonds. The Hall–Kier alpha value is -10.7. The number of carboxylic acid groups (broad SMARTS) is 1. The monoisotopic (exact) mass is 1790 g/mol. The van der Waals surface area contributed by atoms with E-state index in [1.807, 2.05) is 47.7 Å². The number of benzene rings is 5. The Bertz CT molecular complexity index is 4950. The molecule has 120 heavy (non-hydrogen) atoms. The van der Waals surface area contributed by atoms with Gasteiger partial charge in [0.2, 0.25) is 0 Å². The van der Waals surface area contributed by atoms with Crippen molar-refractivity contribution in [1.82, 2.24) is 60.8 Å². The minimum atomic E-state index is -1.25. The third kappa shape index (κ3) is 27.4. The summed E-state index contributed by atoms with van der Waals surface area (Å²) in [5.41, 5.74) is 1.28. The van der Waals surface area contributed by atoms with Crippen molar-refractivity contribution in [1.29, 1.82) is 5.26 Å². The number of nitriles is 1. The summed E-state index contributed by atoms with van der Waals surface area (Å²) in [5.74, 6) is -5.20. The first-order valence-electron chi connectivity index (χ1n) is 38.8. The van der Waals surface area contributed by atoms with E-state index in [0.717, 1.165) is 17.5 Å². The SMILES string of the molecule is CC(C)(C)OC(=O)N1CC[C@@H](NC(=O)c2ccc(B3OC(C)(C)C(C)(C)O3)cc2F)C1.CC(C)(C)OC(=O)N1CC[C@@H](NC(=O)c2ccc(Br)cc2F)C1.Cc1cc(-c2ccc(C(=O)N[C@@H]3CCN(C#N)C3)c(F)c2)nc(C)n1.Cc1cc(-c2ccc(C(=O)N[C@@H]3CCN(C(=O)OC(C)(C)C)C3)c(F)c2)nc(C)n1.O=C(O)c1ccc(Br)cc1F. The number of aromatic carboxylic acids is 1. The molecule has 7 heterocycles. The smallest absolute Gasteiger partial charge is 0.478 e. The molecule has 5 aromatic carbocycles. The summed E-state index contributed by atoms with van der Waals surface area (Å²) in [6, 6.07) is 24.0. The number of hydrogen-bond acceptors (Lipinski definition) is 19. The van der Waals surface area contributed by atoms with Crippen LogP contribution in [0.4, 0.5) is 36.3 Å². The number of nitrogens with zero attached hydrogens (tertiary/aromatic N) is 9. The molecule has 5 aliphatic heterocycles. The molecular weight excluding hydrogens is 1690 g/mol. The Morgan fingerprint density at radius 2 is 0.767 bits per heavy atom. The molecule has 0 spiro atoms. The van der Waals surface area contributed by atoms with Crippen LogP contribution in [0.1, 0.15) is 191 Å². The van der Waals surface area contributed by atoms with Crippen LogP contribution >= 0.6 is 31.9 Å². The number of rotatable bonds is 12. The van der Waals surface area contributed by atoms with Crippen LogP contribution in [0.15, 0.2) is 112 Å². The summed E-state index contributed by atoms with van der Waals surface area (Å²) >= 11 is 6.16. The summed E-state index contributed by atoms with van der Waals surface area (Å²) < 4.78 is 99.3. The first-order chi connectivity index (χ1) is 55.9. The van der Waals surface area contributed by atoms with Crippen LogP contribution in [-0.4, -0.2) is 204 Å². The quantitative estimate of drug-likeness (QED) is 0.0328. The highest BCUT2D eigenvalue weighted by atomic mass is 79.9. The van der Waals surface area contributed by atoms with Gasteiger partial charge in [0.25, 0.3) is 23.6 Å². The summed E-state index contributed by atoms with van der Waals surface area (Å²) in [6.07, 6.45) is 3.29. The molecule has 2 aromatic heterocycles. The number of nitrogens with one attached hydrogen (secondary N) is 4. The minimum Gasteiger partial charge on any atom is -0.478 e. The van der Waals surface area contributed by atoms with Crippen LogP contribution in [0, 0.1) is 68.2 Å². The van der Waals surface area contributed by atoms with Gasteiger partial charge < -0.3 is 69.5 Å². The Kier molecular flexibility index (Phi) is 31.7. The molecular formula is C85H101BBr2F5N13O14. The minimum absolute atomic E-state index is 0.0103. The number of hydrogen-bond donors (Lipinski definition) is 5. The molecule has 0 unspecified atom stereocenters. The zero-order chi connectivity index (χ0) is 88.8. The lowest BCUT2D eigenvalue weighted by atomic mass is 9.78. The molecule has 5 fully saturated rings. The Morgan fingerprint density at radius 3 is 1.07 bits per heavy atom. The van der Waals surface area contributed by atoms with E-state index in [-0.39, 0.29) is 52.0 Å². The number of halogens is 7. The standard InChI is InChI=1S/C22H32BFN2O5.C22H27FN4O3.C18H18FN5O.C16H20BrFN2O3.C7H4BrFO2/c1-20(2,3)29-19(28)26-11-10-15(13-26)25-18(27)16-9-8-14(12-17(16)24)23-30-21(4,5)22(6,7)31-23;1-13-10-19(25-14(2)24-13)15-6-7-17(18(23)11-15)20(28)26-16-8-9-27(12-16)21(29)30-22(3,4)5;1-11-7-17(22-12(2)21-11)13-3-4-15(16(19)8-13)18(25)23-14-5-6-24(9-14)10-20;1-16(2,3)23-15(22)20-7-6-11(9-20)19-14(21)12-5-4-10(17)8-13(12)18;8-4-1-2-5(7(10)11)6(9)3-4/h8-9,12,15H,10-11,13H2,1-7H3,(H,25,27);6-7,10-11,16H,8-9,12H2,1-5H3,(H,26,28);3-4,7-8,14H,5-6,9H2,1-2H3,(H,23,25);4-5,8,11H,6-7,9H2,1-3H3,(H,19,21);1-3H,(H,10,11)/t15-;16-;14-;11-;/m1111./s1. The lowest BCUT2D eigenvalue weighted by Crippen LogP contribution is -2.41. The molecule has 0 bridgehead atoms. The van der Waals surface area contributed by atoms with Crippen molar-refractivity contribution in [3.05, 3.63) is 192 Å². The van der Waals surface area contributed by atoms with E-state index >= 15 is 0 Å². The van der Waals surface area contributed by atoms with Gasteiger partial charge in [0.15, 0.2) is 6.19 Å². The number of aryl methyl sites for hydroxylation is 4. The van der Waals surface area contributed by atoms with E-state index in [9.17, 15) is 60.3 Å². The fourth-order valence-electron chi connectivity index (χ4n) is 12.8. The lowest BCUT2D eigenvalue weighted by molar-refractivity contribution is 0.00578. The van der Waals surface area contributed by atoms with Crippen molar-refractivity contribution in [3.63, 3.8) is 0 Å².